The van der Waals surface area contributed by atoms with E-state index < -0.39 is 21.6 Å². The van der Waals surface area contributed by atoms with Crippen LogP contribution in [-0.2, 0) is 23.0 Å². The van der Waals surface area contributed by atoms with Crippen LogP contribution >= 0.6 is 23.1 Å². The van der Waals surface area contributed by atoms with Crippen LogP contribution in [0.5, 0.6) is 11.5 Å². The molecule has 0 saturated heterocycles. The van der Waals surface area contributed by atoms with Crippen molar-refractivity contribution >= 4 is 44.8 Å². The highest BCUT2D eigenvalue weighted by Gasteiger charge is 2.27. The monoisotopic (exact) mass is 633 g/mol. The first-order chi connectivity index (χ1) is 20.0. The number of thiazole rings is 1. The van der Waals surface area contributed by atoms with Crippen LogP contribution < -0.4 is 9.47 Å². The van der Waals surface area contributed by atoms with Gasteiger partial charge in [0.25, 0.3) is 5.91 Å². The van der Waals surface area contributed by atoms with Crippen molar-refractivity contribution in [3.63, 3.8) is 0 Å². The molecule has 0 fully saturated rings. The van der Waals surface area contributed by atoms with Gasteiger partial charge in [0, 0.05) is 41.9 Å². The average molecular weight is 634 g/mol. The van der Waals surface area contributed by atoms with Gasteiger partial charge in [-0.1, -0.05) is 30.3 Å². The summed E-state index contributed by atoms with van der Waals surface area (Å²) in [5.74, 6) is 0.299. The summed E-state index contributed by atoms with van der Waals surface area (Å²) in [5.41, 5.74) is 2.51. The van der Waals surface area contributed by atoms with E-state index in [-0.39, 0.29) is 18.1 Å². The fourth-order valence-corrected chi connectivity index (χ4v) is 7.00. The molecule has 9 nitrogen and oxygen atoms in total. The Balaban J connectivity index is 1.85. The standard InChI is InChI=1S/C30H39N3O6S3/c1-21-26(38-4)17-24(18-27(21)39-5)30(35)33(14-10-13-23-11-8-7-9-12-23)19-28-31-29(22(2)41-28)25(34)20-42(36,37)32(3)15-16-40-6/h7-9,11-12,17-18H,10,13-16,19-20H2,1-6H3. The molecule has 0 aliphatic rings. The second-order valence-electron chi connectivity index (χ2n) is 9.83. The first-order valence-corrected chi connectivity index (χ1v) is 17.3. The molecule has 0 bridgehead atoms. The number of sulfonamides is 1. The summed E-state index contributed by atoms with van der Waals surface area (Å²) < 4.78 is 37.6. The number of ether oxygens (including phenoxy) is 2. The molecule has 1 heterocycles. The van der Waals surface area contributed by atoms with Crippen LogP contribution in [0.2, 0.25) is 0 Å². The lowest BCUT2D eigenvalue weighted by molar-refractivity contribution is 0.0740. The van der Waals surface area contributed by atoms with Crippen LogP contribution in [0.15, 0.2) is 42.5 Å². The largest absolute Gasteiger partial charge is 0.496 e. The zero-order valence-corrected chi connectivity index (χ0v) is 27.5. The van der Waals surface area contributed by atoms with Gasteiger partial charge in [0.2, 0.25) is 10.0 Å². The van der Waals surface area contributed by atoms with Crippen LogP contribution in [0.3, 0.4) is 0 Å². The van der Waals surface area contributed by atoms with Gasteiger partial charge in [0.15, 0.2) is 5.78 Å². The number of methoxy groups -OCH3 is 2. The Labute approximate surface area is 257 Å². The molecule has 0 saturated carbocycles. The van der Waals surface area contributed by atoms with Gasteiger partial charge in [-0.15, -0.1) is 11.3 Å². The highest BCUT2D eigenvalue weighted by molar-refractivity contribution is 7.98. The van der Waals surface area contributed by atoms with E-state index in [1.807, 2.05) is 31.4 Å². The van der Waals surface area contributed by atoms with Crippen molar-refractivity contribution in [3.8, 4) is 11.5 Å². The van der Waals surface area contributed by atoms with Crippen LogP contribution in [0, 0.1) is 13.8 Å². The minimum atomic E-state index is -3.77. The fraction of sp³-hybridized carbons (Fsp3) is 0.433. The molecule has 3 aromatic rings. The van der Waals surface area contributed by atoms with E-state index in [4.69, 9.17) is 9.47 Å². The Morgan fingerprint density at radius 1 is 1.02 bits per heavy atom. The quantitative estimate of drug-likeness (QED) is 0.206. The second kappa shape index (κ2) is 15.5. The third-order valence-electron chi connectivity index (χ3n) is 6.85. The van der Waals surface area contributed by atoms with E-state index >= 15 is 0 Å². The number of amides is 1. The van der Waals surface area contributed by atoms with Crippen LogP contribution in [-0.4, -0.2) is 86.4 Å². The molecule has 42 heavy (non-hydrogen) atoms. The summed E-state index contributed by atoms with van der Waals surface area (Å²) in [7, 11) is 0.804. The summed E-state index contributed by atoms with van der Waals surface area (Å²) in [6.07, 6.45) is 3.40. The first kappa shape index (κ1) is 33.6. The molecular weight excluding hydrogens is 595 g/mol. The van der Waals surface area contributed by atoms with Gasteiger partial charge in [0.1, 0.15) is 28.0 Å². The third kappa shape index (κ3) is 8.79. The van der Waals surface area contributed by atoms with Crippen LogP contribution in [0.4, 0.5) is 0 Å². The van der Waals surface area contributed by atoms with Gasteiger partial charge in [-0.05, 0) is 50.6 Å². The van der Waals surface area contributed by atoms with E-state index in [0.717, 1.165) is 12.0 Å². The van der Waals surface area contributed by atoms with Crippen molar-refractivity contribution in [2.24, 2.45) is 0 Å². The topological polar surface area (TPSA) is 106 Å². The number of Topliss-reactive ketones (excluding diaryl/α,β-unsaturated/α-hetero) is 1. The van der Waals surface area contributed by atoms with Crippen LogP contribution in [0.25, 0.3) is 0 Å². The molecule has 0 aliphatic carbocycles. The SMILES string of the molecule is COc1cc(C(=O)N(CCCc2ccccc2)Cc2nc(C(=O)CS(=O)(=O)N(C)CCSC)c(C)s2)cc(OC)c1C. The van der Waals surface area contributed by atoms with Gasteiger partial charge >= 0.3 is 0 Å². The molecule has 0 spiro atoms. The number of aryl methyl sites for hydroxylation is 2. The lowest BCUT2D eigenvalue weighted by Gasteiger charge is -2.23. The number of rotatable bonds is 16. The number of hydrogen-bond donors (Lipinski definition) is 0. The summed E-state index contributed by atoms with van der Waals surface area (Å²) in [6.45, 7) is 4.55. The third-order valence-corrected chi connectivity index (χ3v) is 10.2. The molecule has 0 N–H and O–H groups in total. The van der Waals surface area contributed by atoms with Gasteiger partial charge in [-0.3, -0.25) is 9.59 Å². The maximum absolute atomic E-state index is 13.9. The predicted octanol–water partition coefficient (Wildman–Crippen LogP) is 4.86. The number of aromatic nitrogens is 1. The second-order valence-corrected chi connectivity index (χ2v) is 14.2. The number of thioether (sulfide) groups is 1. The summed E-state index contributed by atoms with van der Waals surface area (Å²) >= 11 is 2.83. The molecule has 1 aromatic heterocycles. The van der Waals surface area contributed by atoms with Crippen molar-refractivity contribution in [1.82, 2.24) is 14.2 Å². The number of carbonyl (C=O) groups is 2. The Morgan fingerprint density at radius 3 is 2.26 bits per heavy atom. The van der Waals surface area contributed by atoms with Crippen molar-refractivity contribution in [1.29, 1.82) is 0 Å². The highest BCUT2D eigenvalue weighted by atomic mass is 32.2. The number of nitrogens with zero attached hydrogens (tertiary/aromatic N) is 3. The zero-order chi connectivity index (χ0) is 30.9. The first-order valence-electron chi connectivity index (χ1n) is 13.5. The van der Waals surface area contributed by atoms with Gasteiger partial charge in [-0.25, -0.2) is 17.7 Å². The van der Waals surface area contributed by atoms with Crippen molar-refractivity contribution in [3.05, 3.63) is 74.7 Å². The lowest BCUT2D eigenvalue weighted by atomic mass is 10.1. The van der Waals surface area contributed by atoms with E-state index in [1.165, 1.54) is 40.0 Å². The van der Waals surface area contributed by atoms with E-state index in [0.29, 0.717) is 52.2 Å². The lowest BCUT2D eigenvalue weighted by Crippen LogP contribution is -2.34. The number of carbonyl (C=O) groups excluding carboxylic acids is 2. The van der Waals surface area contributed by atoms with E-state index in [2.05, 4.69) is 17.1 Å². The summed E-state index contributed by atoms with van der Waals surface area (Å²) in [5, 5.41) is 0.558. The van der Waals surface area contributed by atoms with Crippen LogP contribution in [0.1, 0.15) is 48.3 Å². The van der Waals surface area contributed by atoms with Crippen molar-refractivity contribution in [2.45, 2.75) is 33.2 Å². The smallest absolute Gasteiger partial charge is 0.254 e. The highest BCUT2D eigenvalue weighted by Crippen LogP contribution is 2.30. The molecule has 2 aromatic carbocycles. The predicted molar refractivity (Wildman–Crippen MR) is 170 cm³/mol. The molecule has 1 amide bonds. The van der Waals surface area contributed by atoms with Crippen molar-refractivity contribution < 1.29 is 27.5 Å². The number of ketones is 1. The molecule has 0 unspecified atom stereocenters. The Bertz CT molecular complexity index is 1450. The Morgan fingerprint density at radius 2 is 1.67 bits per heavy atom. The van der Waals surface area contributed by atoms with Crippen molar-refractivity contribution in [2.75, 3.05) is 52.1 Å². The number of benzene rings is 2. The molecular formula is C30H39N3O6S3. The molecule has 0 aliphatic heterocycles. The fourth-order valence-electron chi connectivity index (χ4n) is 4.41. The molecule has 0 radical (unpaired) electrons. The van der Waals surface area contributed by atoms with E-state index in [9.17, 15) is 18.0 Å². The van der Waals surface area contributed by atoms with E-state index in [1.54, 1.807) is 38.2 Å². The Hall–Kier alpha value is -2.93. The maximum Gasteiger partial charge on any atom is 0.254 e. The molecule has 0 atom stereocenters. The zero-order valence-electron chi connectivity index (χ0n) is 25.0. The van der Waals surface area contributed by atoms with Gasteiger partial charge in [-0.2, -0.15) is 11.8 Å². The Kier molecular flexibility index (Phi) is 12.4. The minimum absolute atomic E-state index is 0.132. The van der Waals surface area contributed by atoms with Gasteiger partial charge in [0.05, 0.1) is 20.8 Å². The minimum Gasteiger partial charge on any atom is -0.496 e. The van der Waals surface area contributed by atoms with Gasteiger partial charge < -0.3 is 14.4 Å². The molecule has 228 valence electrons. The molecule has 3 rings (SSSR count). The average Bonchev–Trinajstić information content (AvgIpc) is 3.35. The molecule has 12 heteroatoms. The normalized spacial score (nSPS) is 11.5. The summed E-state index contributed by atoms with van der Waals surface area (Å²) in [4.78, 5) is 33.7. The summed E-state index contributed by atoms with van der Waals surface area (Å²) in [6, 6.07) is 13.4. The maximum atomic E-state index is 13.9. The number of hydrogen-bond acceptors (Lipinski definition) is 9.